The fraction of sp³-hybridized carbons (Fsp3) is 0.609. The van der Waals surface area contributed by atoms with E-state index in [0.717, 1.165) is 50.5 Å². The first-order valence-electron chi connectivity index (χ1n) is 11.1. The summed E-state index contributed by atoms with van der Waals surface area (Å²) in [6, 6.07) is 9.99. The van der Waals surface area contributed by atoms with Crippen molar-refractivity contribution in [3.63, 3.8) is 0 Å². The van der Waals surface area contributed by atoms with E-state index in [1.807, 2.05) is 19.9 Å². The Morgan fingerprint density at radius 3 is 2.03 bits per heavy atom. The minimum atomic E-state index is -1.09. The standard InChI is InChI=1S/C23H34N4O3/c1-4-23(5-2)20(28)24(3)22(30)27(21(23)29)14-10-9-13-25-15-17-26(18-16-25)19-11-7-6-8-12-19/h6-8,11-12H,4-5,9-10,13-18H2,1-3H3. The van der Waals surface area contributed by atoms with E-state index in [-0.39, 0.29) is 11.8 Å². The summed E-state index contributed by atoms with van der Waals surface area (Å²) < 4.78 is 0. The molecule has 2 aliphatic heterocycles. The summed E-state index contributed by atoms with van der Waals surface area (Å²) in [5.74, 6) is -0.688. The number of nitrogens with zero attached hydrogens (tertiary/aromatic N) is 4. The minimum absolute atomic E-state index is 0.322. The number of carbonyl (C=O) groups excluding carboxylic acids is 3. The van der Waals surface area contributed by atoms with Crippen LogP contribution in [-0.2, 0) is 9.59 Å². The zero-order valence-electron chi connectivity index (χ0n) is 18.5. The highest BCUT2D eigenvalue weighted by molar-refractivity contribution is 6.18. The predicted molar refractivity (Wildman–Crippen MR) is 117 cm³/mol. The average molecular weight is 415 g/mol. The normalized spacial score (nSPS) is 20.2. The van der Waals surface area contributed by atoms with Gasteiger partial charge in [-0.1, -0.05) is 32.0 Å². The van der Waals surface area contributed by atoms with Gasteiger partial charge in [0.2, 0.25) is 11.8 Å². The largest absolute Gasteiger partial charge is 0.369 e. The quantitative estimate of drug-likeness (QED) is 0.483. The molecule has 0 atom stereocenters. The van der Waals surface area contributed by atoms with Gasteiger partial charge < -0.3 is 4.90 Å². The molecule has 2 heterocycles. The van der Waals surface area contributed by atoms with Gasteiger partial charge in [0.15, 0.2) is 0 Å². The average Bonchev–Trinajstić information content (AvgIpc) is 2.79. The van der Waals surface area contributed by atoms with E-state index < -0.39 is 11.4 Å². The minimum Gasteiger partial charge on any atom is -0.369 e. The second-order valence-electron chi connectivity index (χ2n) is 8.26. The number of benzene rings is 1. The maximum absolute atomic E-state index is 13.0. The van der Waals surface area contributed by atoms with Gasteiger partial charge in [-0.25, -0.2) is 4.79 Å². The van der Waals surface area contributed by atoms with Crippen LogP contribution < -0.4 is 4.90 Å². The molecule has 0 bridgehead atoms. The zero-order chi connectivity index (χ0) is 21.7. The number of amides is 4. The summed E-state index contributed by atoms with van der Waals surface area (Å²) in [6.45, 7) is 9.07. The van der Waals surface area contributed by atoms with Gasteiger partial charge in [0.05, 0.1) is 0 Å². The SMILES string of the molecule is CCC1(CC)C(=O)N(C)C(=O)N(CCCCN2CCN(c3ccccc3)CC2)C1=O. The fourth-order valence-corrected chi connectivity index (χ4v) is 4.55. The van der Waals surface area contributed by atoms with Crippen LogP contribution in [0, 0.1) is 5.41 Å². The molecule has 1 aromatic rings. The van der Waals surface area contributed by atoms with Gasteiger partial charge >= 0.3 is 6.03 Å². The van der Waals surface area contributed by atoms with Crippen LogP contribution >= 0.6 is 0 Å². The summed E-state index contributed by atoms with van der Waals surface area (Å²) >= 11 is 0. The molecule has 2 aliphatic rings. The predicted octanol–water partition coefficient (Wildman–Crippen LogP) is 2.82. The van der Waals surface area contributed by atoms with Crippen LogP contribution in [0.15, 0.2) is 30.3 Å². The first-order valence-corrected chi connectivity index (χ1v) is 11.1. The van der Waals surface area contributed by atoms with Crippen molar-refractivity contribution in [2.45, 2.75) is 39.5 Å². The summed E-state index contributed by atoms with van der Waals surface area (Å²) in [5.41, 5.74) is 0.185. The third-order valence-corrected chi connectivity index (χ3v) is 6.69. The molecule has 0 aromatic heterocycles. The number of imide groups is 2. The van der Waals surface area contributed by atoms with E-state index in [4.69, 9.17) is 0 Å². The lowest BCUT2D eigenvalue weighted by atomic mass is 9.78. The van der Waals surface area contributed by atoms with Gasteiger partial charge in [0.1, 0.15) is 5.41 Å². The van der Waals surface area contributed by atoms with Crippen molar-refractivity contribution in [2.75, 3.05) is 51.2 Å². The lowest BCUT2D eigenvalue weighted by molar-refractivity contribution is -0.158. The van der Waals surface area contributed by atoms with Gasteiger partial charge in [-0.3, -0.25) is 24.3 Å². The Labute approximate surface area is 179 Å². The maximum atomic E-state index is 13.0. The maximum Gasteiger partial charge on any atom is 0.333 e. The van der Waals surface area contributed by atoms with Crippen LogP contribution in [0.5, 0.6) is 0 Å². The highest BCUT2D eigenvalue weighted by Gasteiger charge is 2.53. The Morgan fingerprint density at radius 2 is 1.43 bits per heavy atom. The molecule has 3 rings (SSSR count). The molecule has 1 aromatic carbocycles. The van der Waals surface area contributed by atoms with Crippen LogP contribution in [0.2, 0.25) is 0 Å². The van der Waals surface area contributed by atoms with Gasteiger partial charge in [0, 0.05) is 45.5 Å². The Kier molecular flexibility index (Phi) is 7.13. The summed E-state index contributed by atoms with van der Waals surface area (Å²) in [5, 5.41) is 0. The molecule has 0 aliphatic carbocycles. The molecule has 0 spiro atoms. The molecular weight excluding hydrogens is 380 g/mol. The highest BCUT2D eigenvalue weighted by Crippen LogP contribution is 2.35. The number of urea groups is 1. The van der Waals surface area contributed by atoms with Gasteiger partial charge in [-0.15, -0.1) is 0 Å². The van der Waals surface area contributed by atoms with Crippen molar-refractivity contribution < 1.29 is 14.4 Å². The number of carbonyl (C=O) groups is 3. The van der Waals surface area contributed by atoms with Gasteiger partial charge in [-0.2, -0.15) is 0 Å². The monoisotopic (exact) mass is 414 g/mol. The third kappa shape index (κ3) is 4.21. The number of anilines is 1. The van der Waals surface area contributed by atoms with Crippen molar-refractivity contribution in [2.24, 2.45) is 5.41 Å². The molecule has 164 valence electrons. The van der Waals surface area contributed by atoms with Gasteiger partial charge in [-0.05, 0) is 44.4 Å². The molecule has 7 heteroatoms. The van der Waals surface area contributed by atoms with E-state index >= 15 is 0 Å². The lowest BCUT2D eigenvalue weighted by Gasteiger charge is -2.42. The van der Waals surface area contributed by atoms with Crippen LogP contribution in [0.4, 0.5) is 10.5 Å². The number of hydrogen-bond acceptors (Lipinski definition) is 5. The molecule has 2 fully saturated rings. The van der Waals surface area contributed by atoms with Crippen molar-refractivity contribution in [1.29, 1.82) is 0 Å². The number of para-hydroxylation sites is 1. The van der Waals surface area contributed by atoms with E-state index in [2.05, 4.69) is 34.1 Å². The molecule has 4 amide bonds. The van der Waals surface area contributed by atoms with Crippen molar-refractivity contribution in [3.8, 4) is 0 Å². The smallest absolute Gasteiger partial charge is 0.333 e. The van der Waals surface area contributed by atoms with Crippen LogP contribution in [0.1, 0.15) is 39.5 Å². The second-order valence-corrected chi connectivity index (χ2v) is 8.26. The third-order valence-electron chi connectivity index (χ3n) is 6.69. The van der Waals surface area contributed by atoms with Crippen LogP contribution in [0.3, 0.4) is 0 Å². The highest BCUT2D eigenvalue weighted by atomic mass is 16.2. The van der Waals surface area contributed by atoms with Crippen molar-refractivity contribution in [1.82, 2.24) is 14.7 Å². The fourth-order valence-electron chi connectivity index (χ4n) is 4.55. The van der Waals surface area contributed by atoms with Crippen LogP contribution in [0.25, 0.3) is 0 Å². The van der Waals surface area contributed by atoms with E-state index in [1.54, 1.807) is 0 Å². The van der Waals surface area contributed by atoms with E-state index in [0.29, 0.717) is 19.4 Å². The van der Waals surface area contributed by atoms with Gasteiger partial charge in [0.25, 0.3) is 0 Å². The number of barbiturate groups is 1. The lowest BCUT2D eigenvalue weighted by Crippen LogP contribution is -2.63. The Hall–Kier alpha value is -2.41. The number of rotatable bonds is 8. The number of hydrogen-bond donors (Lipinski definition) is 0. The van der Waals surface area contributed by atoms with Crippen molar-refractivity contribution in [3.05, 3.63) is 30.3 Å². The second kappa shape index (κ2) is 9.60. The molecule has 0 N–H and O–H groups in total. The topological polar surface area (TPSA) is 64.2 Å². The summed E-state index contributed by atoms with van der Waals surface area (Å²) in [7, 11) is 1.48. The first-order chi connectivity index (χ1) is 14.4. The van der Waals surface area contributed by atoms with Crippen molar-refractivity contribution >= 4 is 23.5 Å². The Morgan fingerprint density at radius 1 is 0.833 bits per heavy atom. The summed E-state index contributed by atoms with van der Waals surface area (Å²) in [6.07, 6.45) is 2.51. The Balaban J connectivity index is 1.46. The molecule has 0 unspecified atom stereocenters. The van der Waals surface area contributed by atoms with Crippen LogP contribution in [-0.4, -0.2) is 78.9 Å². The molecule has 0 radical (unpaired) electrons. The number of unbranched alkanes of at least 4 members (excludes halogenated alkanes) is 1. The first kappa shape index (κ1) is 22.3. The number of piperazine rings is 1. The molecule has 2 saturated heterocycles. The summed E-state index contributed by atoms with van der Waals surface area (Å²) in [4.78, 5) is 45.4. The molecular formula is C23H34N4O3. The zero-order valence-corrected chi connectivity index (χ0v) is 18.5. The van der Waals surface area contributed by atoms with E-state index in [1.165, 1.54) is 17.6 Å². The van der Waals surface area contributed by atoms with E-state index in [9.17, 15) is 14.4 Å². The molecule has 30 heavy (non-hydrogen) atoms. The Bertz CT molecular complexity index is 755. The molecule has 0 saturated carbocycles. The molecule has 7 nitrogen and oxygen atoms in total.